The van der Waals surface area contributed by atoms with Crippen molar-refractivity contribution in [3.05, 3.63) is 69.7 Å². The van der Waals surface area contributed by atoms with Crippen LogP contribution in [0.1, 0.15) is 48.6 Å². The standard InChI is InChI=1S/C23H18Cl2N2O/c24-17-7-3-1-5-15(17)19(22(13-26)9-10-22)21(28)20(23(14-27)11-12-23)16-6-2-4-8-18(16)25/h1-8,19-20H,9-12H2. The molecule has 0 spiro atoms. The maximum absolute atomic E-state index is 14.0. The molecule has 0 amide bonds. The van der Waals surface area contributed by atoms with E-state index in [1.807, 2.05) is 36.4 Å². The van der Waals surface area contributed by atoms with E-state index >= 15 is 0 Å². The topological polar surface area (TPSA) is 64.7 Å². The van der Waals surface area contributed by atoms with Gasteiger partial charge in [0, 0.05) is 10.0 Å². The summed E-state index contributed by atoms with van der Waals surface area (Å²) in [7, 11) is 0. The quantitative estimate of drug-likeness (QED) is 0.585. The summed E-state index contributed by atoms with van der Waals surface area (Å²) in [5.41, 5.74) is -0.182. The predicted octanol–water partition coefficient (Wildman–Crippen LogP) is 6.04. The van der Waals surface area contributed by atoms with Gasteiger partial charge in [0.2, 0.25) is 0 Å². The Labute approximate surface area is 174 Å². The minimum absolute atomic E-state index is 0.126. The summed E-state index contributed by atoms with van der Waals surface area (Å²) < 4.78 is 0. The van der Waals surface area contributed by atoms with Crippen LogP contribution in [0.4, 0.5) is 0 Å². The Balaban J connectivity index is 1.87. The van der Waals surface area contributed by atoms with Crippen molar-refractivity contribution in [2.75, 3.05) is 0 Å². The number of benzene rings is 2. The molecule has 2 unspecified atom stereocenters. The molecular weight excluding hydrogens is 391 g/mol. The molecule has 140 valence electrons. The first-order valence-electron chi connectivity index (χ1n) is 9.33. The molecule has 0 heterocycles. The largest absolute Gasteiger partial charge is 0.298 e. The maximum Gasteiger partial charge on any atom is 0.151 e. The molecule has 2 aromatic carbocycles. The molecule has 28 heavy (non-hydrogen) atoms. The summed E-state index contributed by atoms with van der Waals surface area (Å²) in [5.74, 6) is -1.46. The highest BCUT2D eigenvalue weighted by molar-refractivity contribution is 6.32. The second-order valence-electron chi connectivity index (χ2n) is 7.85. The SMILES string of the molecule is N#CC1(C(C(=O)C(c2ccccc2Cl)C2(C#N)CC2)c2ccccc2Cl)CC1. The highest BCUT2D eigenvalue weighted by Gasteiger charge is 2.61. The molecule has 2 aromatic rings. The molecule has 2 atom stereocenters. The average Bonchev–Trinajstić information content (AvgIpc) is 3.62. The van der Waals surface area contributed by atoms with Crippen molar-refractivity contribution in [1.82, 2.24) is 0 Å². The van der Waals surface area contributed by atoms with E-state index in [1.54, 1.807) is 12.1 Å². The van der Waals surface area contributed by atoms with Gasteiger partial charge in [0.1, 0.15) is 0 Å². The lowest BCUT2D eigenvalue weighted by Gasteiger charge is -2.29. The molecule has 2 saturated carbocycles. The third kappa shape index (κ3) is 3.00. The molecule has 0 aromatic heterocycles. The molecular formula is C23H18Cl2N2O. The number of hydrogen-bond donors (Lipinski definition) is 0. The Kier molecular flexibility index (Phi) is 4.70. The van der Waals surface area contributed by atoms with Crippen molar-refractivity contribution in [2.45, 2.75) is 37.5 Å². The van der Waals surface area contributed by atoms with E-state index < -0.39 is 22.7 Å². The van der Waals surface area contributed by atoms with E-state index in [2.05, 4.69) is 12.1 Å². The van der Waals surface area contributed by atoms with Gasteiger partial charge in [-0.3, -0.25) is 4.79 Å². The Morgan fingerprint density at radius 2 is 1.14 bits per heavy atom. The van der Waals surface area contributed by atoms with Crippen LogP contribution in [0, 0.1) is 33.5 Å². The summed E-state index contributed by atoms with van der Waals surface area (Å²) >= 11 is 12.9. The fraction of sp³-hybridized carbons (Fsp3) is 0.348. The average molecular weight is 409 g/mol. The number of ketones is 1. The van der Waals surface area contributed by atoms with Crippen molar-refractivity contribution in [3.8, 4) is 12.1 Å². The Morgan fingerprint density at radius 1 is 0.786 bits per heavy atom. The number of nitriles is 2. The number of carbonyl (C=O) groups is 1. The van der Waals surface area contributed by atoms with Crippen LogP contribution in [0.15, 0.2) is 48.5 Å². The van der Waals surface area contributed by atoms with Gasteiger partial charge in [0.25, 0.3) is 0 Å². The maximum atomic E-state index is 14.0. The summed E-state index contributed by atoms with van der Waals surface area (Å²) in [6, 6.07) is 19.1. The zero-order valence-electron chi connectivity index (χ0n) is 15.2. The third-order valence-electron chi connectivity index (χ3n) is 6.13. The number of halogens is 2. The Morgan fingerprint density at radius 3 is 1.43 bits per heavy atom. The van der Waals surface area contributed by atoms with Crippen molar-refractivity contribution >= 4 is 29.0 Å². The highest BCUT2D eigenvalue weighted by Crippen LogP contribution is 2.63. The fourth-order valence-corrected chi connectivity index (χ4v) is 4.72. The van der Waals surface area contributed by atoms with Gasteiger partial charge in [-0.2, -0.15) is 10.5 Å². The van der Waals surface area contributed by atoms with Crippen LogP contribution >= 0.6 is 23.2 Å². The smallest absolute Gasteiger partial charge is 0.151 e. The van der Waals surface area contributed by atoms with Gasteiger partial charge in [0.15, 0.2) is 5.78 Å². The molecule has 0 saturated heterocycles. The van der Waals surface area contributed by atoms with Crippen molar-refractivity contribution < 1.29 is 4.79 Å². The van der Waals surface area contributed by atoms with Gasteiger partial charge < -0.3 is 0 Å². The van der Waals surface area contributed by atoms with E-state index in [-0.39, 0.29) is 5.78 Å². The van der Waals surface area contributed by atoms with Gasteiger partial charge in [-0.15, -0.1) is 0 Å². The first-order valence-corrected chi connectivity index (χ1v) is 10.1. The summed E-state index contributed by atoms with van der Waals surface area (Å²) in [4.78, 5) is 14.0. The molecule has 0 aliphatic heterocycles. The highest BCUT2D eigenvalue weighted by atomic mass is 35.5. The Bertz CT molecular complexity index is 944. The molecule has 2 aliphatic rings. The molecule has 5 heteroatoms. The first kappa shape index (κ1) is 19.0. The molecule has 0 radical (unpaired) electrons. The lowest BCUT2D eigenvalue weighted by atomic mass is 9.70. The van der Waals surface area contributed by atoms with E-state index in [4.69, 9.17) is 23.2 Å². The first-order chi connectivity index (χ1) is 13.5. The van der Waals surface area contributed by atoms with Gasteiger partial charge in [-0.25, -0.2) is 0 Å². The monoisotopic (exact) mass is 408 g/mol. The summed E-state index contributed by atoms with van der Waals surface area (Å²) in [6.45, 7) is 0. The van der Waals surface area contributed by atoms with Crippen LogP contribution in [-0.2, 0) is 4.79 Å². The minimum atomic E-state index is -0.757. The van der Waals surface area contributed by atoms with Crippen LogP contribution in [-0.4, -0.2) is 5.78 Å². The fourth-order valence-electron chi connectivity index (χ4n) is 4.23. The van der Waals surface area contributed by atoms with E-state index in [0.29, 0.717) is 46.9 Å². The van der Waals surface area contributed by atoms with Crippen LogP contribution in [0.5, 0.6) is 0 Å². The summed E-state index contributed by atoms with van der Waals surface area (Å²) in [5, 5.41) is 20.7. The lowest BCUT2D eigenvalue weighted by Crippen LogP contribution is -2.32. The van der Waals surface area contributed by atoms with Gasteiger partial charge >= 0.3 is 0 Å². The number of hydrogen-bond acceptors (Lipinski definition) is 3. The number of carbonyl (C=O) groups excluding carboxylic acids is 1. The second kappa shape index (κ2) is 6.93. The molecule has 2 fully saturated rings. The molecule has 2 aliphatic carbocycles. The number of nitrogens with zero attached hydrogens (tertiary/aromatic N) is 2. The van der Waals surface area contributed by atoms with Crippen LogP contribution in [0.3, 0.4) is 0 Å². The normalized spacial score (nSPS) is 20.3. The number of Topliss-reactive ketones (excluding diaryl/α,β-unsaturated/α-hetero) is 1. The van der Waals surface area contributed by atoms with Crippen LogP contribution < -0.4 is 0 Å². The van der Waals surface area contributed by atoms with Gasteiger partial charge in [-0.05, 0) is 48.9 Å². The second-order valence-corrected chi connectivity index (χ2v) is 8.66. The Hall–Kier alpha value is -2.33. The van der Waals surface area contributed by atoms with Crippen LogP contribution in [0.2, 0.25) is 10.0 Å². The van der Waals surface area contributed by atoms with E-state index in [9.17, 15) is 15.3 Å². The molecule has 4 rings (SSSR count). The molecule has 0 bridgehead atoms. The van der Waals surface area contributed by atoms with Crippen molar-refractivity contribution in [1.29, 1.82) is 10.5 Å². The lowest BCUT2D eigenvalue weighted by molar-refractivity contribution is -0.124. The van der Waals surface area contributed by atoms with E-state index in [0.717, 1.165) is 0 Å². The molecule has 0 N–H and O–H groups in total. The van der Waals surface area contributed by atoms with Crippen molar-refractivity contribution in [3.63, 3.8) is 0 Å². The zero-order chi connectivity index (χ0) is 19.9. The van der Waals surface area contributed by atoms with Gasteiger partial charge in [-0.1, -0.05) is 59.6 Å². The minimum Gasteiger partial charge on any atom is -0.298 e. The zero-order valence-corrected chi connectivity index (χ0v) is 16.7. The van der Waals surface area contributed by atoms with E-state index in [1.165, 1.54) is 0 Å². The van der Waals surface area contributed by atoms with Crippen molar-refractivity contribution in [2.24, 2.45) is 10.8 Å². The summed E-state index contributed by atoms with van der Waals surface area (Å²) in [6.07, 6.45) is 2.61. The third-order valence-corrected chi connectivity index (χ3v) is 6.82. The van der Waals surface area contributed by atoms with Gasteiger partial charge in [0.05, 0.1) is 34.8 Å². The predicted molar refractivity (Wildman–Crippen MR) is 108 cm³/mol. The number of rotatable bonds is 6. The molecule has 3 nitrogen and oxygen atoms in total. The van der Waals surface area contributed by atoms with Crippen LogP contribution in [0.25, 0.3) is 0 Å².